The standard InChI is InChI=1S/C20H29N3O2/c1-16(24)23-9-7-20(15-23)14-22(10-17-5-6-17)11-18(20)12-25-13-19-4-2-3-8-21-19/h2-4,8,17-18H,5-7,9-15H2,1H3/t18-,20+/m0/s1. The molecule has 4 rings (SSSR count). The first-order valence-electron chi connectivity index (χ1n) is 9.60. The molecular weight excluding hydrogens is 314 g/mol. The van der Waals surface area contributed by atoms with Gasteiger partial charge in [0.1, 0.15) is 0 Å². The van der Waals surface area contributed by atoms with E-state index in [1.54, 1.807) is 6.92 Å². The number of likely N-dealkylation sites (tertiary alicyclic amines) is 2. The van der Waals surface area contributed by atoms with Gasteiger partial charge >= 0.3 is 0 Å². The molecule has 0 unspecified atom stereocenters. The Kier molecular flexibility index (Phi) is 4.78. The molecule has 0 bridgehead atoms. The number of rotatable bonds is 6. The molecular formula is C20H29N3O2. The zero-order chi connectivity index (χ0) is 17.3. The Hall–Kier alpha value is -1.46. The first kappa shape index (κ1) is 17.0. The molecule has 3 aliphatic rings. The molecule has 1 aromatic rings. The zero-order valence-corrected chi connectivity index (χ0v) is 15.2. The summed E-state index contributed by atoms with van der Waals surface area (Å²) in [5.41, 5.74) is 1.21. The molecule has 1 aromatic heterocycles. The lowest BCUT2D eigenvalue weighted by molar-refractivity contribution is -0.128. The van der Waals surface area contributed by atoms with Gasteiger partial charge in [0.15, 0.2) is 0 Å². The van der Waals surface area contributed by atoms with Gasteiger partial charge in [-0.15, -0.1) is 0 Å². The van der Waals surface area contributed by atoms with Gasteiger partial charge in [-0.2, -0.15) is 0 Å². The van der Waals surface area contributed by atoms with Crippen LogP contribution in [-0.2, 0) is 16.1 Å². The Bertz CT molecular complexity index is 604. The van der Waals surface area contributed by atoms with E-state index in [1.807, 2.05) is 29.3 Å². The highest BCUT2D eigenvalue weighted by Crippen LogP contribution is 2.45. The van der Waals surface area contributed by atoms with Crippen LogP contribution in [0.5, 0.6) is 0 Å². The van der Waals surface area contributed by atoms with Crippen LogP contribution < -0.4 is 0 Å². The van der Waals surface area contributed by atoms with Crippen molar-refractivity contribution in [1.82, 2.24) is 14.8 Å². The Morgan fingerprint density at radius 1 is 1.36 bits per heavy atom. The SMILES string of the molecule is CC(=O)N1CC[C@@]2(CN(CC3CC3)C[C@H]2COCc2ccccn2)C1. The lowest BCUT2D eigenvalue weighted by Crippen LogP contribution is -2.37. The summed E-state index contributed by atoms with van der Waals surface area (Å²) >= 11 is 0. The number of hydrogen-bond donors (Lipinski definition) is 0. The first-order chi connectivity index (χ1) is 12.1. The zero-order valence-electron chi connectivity index (χ0n) is 15.2. The van der Waals surface area contributed by atoms with Crippen LogP contribution in [0, 0.1) is 17.3 Å². The van der Waals surface area contributed by atoms with E-state index in [-0.39, 0.29) is 11.3 Å². The van der Waals surface area contributed by atoms with E-state index < -0.39 is 0 Å². The fraction of sp³-hybridized carbons (Fsp3) is 0.700. The second-order valence-corrected chi connectivity index (χ2v) is 8.22. The molecule has 5 nitrogen and oxygen atoms in total. The molecule has 25 heavy (non-hydrogen) atoms. The van der Waals surface area contributed by atoms with Crippen molar-refractivity contribution in [2.75, 3.05) is 39.3 Å². The van der Waals surface area contributed by atoms with Gasteiger partial charge < -0.3 is 14.5 Å². The van der Waals surface area contributed by atoms with Crippen molar-refractivity contribution >= 4 is 5.91 Å². The van der Waals surface area contributed by atoms with Crippen LogP contribution in [0.3, 0.4) is 0 Å². The summed E-state index contributed by atoms with van der Waals surface area (Å²) in [4.78, 5) is 20.8. The summed E-state index contributed by atoms with van der Waals surface area (Å²) in [7, 11) is 0. The normalized spacial score (nSPS) is 29.6. The fourth-order valence-electron chi connectivity index (χ4n) is 4.59. The molecule has 1 aliphatic carbocycles. The Morgan fingerprint density at radius 2 is 2.24 bits per heavy atom. The fourth-order valence-corrected chi connectivity index (χ4v) is 4.59. The summed E-state index contributed by atoms with van der Waals surface area (Å²) in [6.07, 6.45) is 5.72. The van der Waals surface area contributed by atoms with Crippen LogP contribution in [-0.4, -0.2) is 60.0 Å². The molecule has 3 fully saturated rings. The maximum absolute atomic E-state index is 11.8. The van der Waals surface area contributed by atoms with Crippen molar-refractivity contribution < 1.29 is 9.53 Å². The summed E-state index contributed by atoms with van der Waals surface area (Å²) in [6.45, 7) is 8.33. The second kappa shape index (κ2) is 7.04. The van der Waals surface area contributed by atoms with Gasteiger partial charge in [-0.25, -0.2) is 0 Å². The van der Waals surface area contributed by atoms with Gasteiger partial charge in [0.2, 0.25) is 5.91 Å². The third-order valence-corrected chi connectivity index (χ3v) is 6.22. The van der Waals surface area contributed by atoms with Crippen molar-refractivity contribution in [3.8, 4) is 0 Å². The highest BCUT2D eigenvalue weighted by atomic mass is 16.5. The van der Waals surface area contributed by atoms with Crippen LogP contribution in [0.4, 0.5) is 0 Å². The summed E-state index contributed by atoms with van der Waals surface area (Å²) in [6, 6.07) is 5.94. The molecule has 1 spiro atoms. The first-order valence-corrected chi connectivity index (χ1v) is 9.60. The minimum atomic E-state index is 0.214. The topological polar surface area (TPSA) is 45.7 Å². The molecule has 5 heteroatoms. The lowest BCUT2D eigenvalue weighted by atomic mass is 9.77. The van der Waals surface area contributed by atoms with Gasteiger partial charge in [0.05, 0.1) is 18.9 Å². The summed E-state index contributed by atoms with van der Waals surface area (Å²) in [5, 5.41) is 0. The molecule has 1 amide bonds. The molecule has 0 radical (unpaired) electrons. The molecule has 2 atom stereocenters. The van der Waals surface area contributed by atoms with Crippen LogP contribution in [0.15, 0.2) is 24.4 Å². The number of carbonyl (C=O) groups excluding carboxylic acids is 1. The monoisotopic (exact) mass is 343 g/mol. The minimum absolute atomic E-state index is 0.214. The van der Waals surface area contributed by atoms with E-state index in [9.17, 15) is 4.79 Å². The quantitative estimate of drug-likeness (QED) is 0.794. The van der Waals surface area contributed by atoms with Crippen LogP contribution in [0.25, 0.3) is 0 Å². The van der Waals surface area contributed by atoms with Crippen molar-refractivity contribution in [3.05, 3.63) is 30.1 Å². The van der Waals surface area contributed by atoms with E-state index in [1.165, 1.54) is 19.4 Å². The molecule has 136 valence electrons. The predicted octanol–water partition coefficient (Wildman–Crippen LogP) is 2.18. The number of nitrogens with zero attached hydrogens (tertiary/aromatic N) is 3. The maximum atomic E-state index is 11.8. The van der Waals surface area contributed by atoms with E-state index in [2.05, 4.69) is 9.88 Å². The number of aromatic nitrogens is 1. The second-order valence-electron chi connectivity index (χ2n) is 8.22. The molecule has 0 N–H and O–H groups in total. The van der Waals surface area contributed by atoms with Gasteiger partial charge in [-0.05, 0) is 37.3 Å². The Balaban J connectivity index is 1.38. The van der Waals surface area contributed by atoms with Gasteiger partial charge in [0.25, 0.3) is 0 Å². The molecule has 0 aromatic carbocycles. The molecule has 3 heterocycles. The number of pyridine rings is 1. The summed E-state index contributed by atoms with van der Waals surface area (Å²) < 4.78 is 6.06. The molecule has 2 saturated heterocycles. The highest BCUT2D eigenvalue weighted by molar-refractivity contribution is 5.73. The van der Waals surface area contributed by atoms with Crippen molar-refractivity contribution in [2.45, 2.75) is 32.8 Å². The minimum Gasteiger partial charge on any atom is -0.375 e. The number of hydrogen-bond acceptors (Lipinski definition) is 4. The Morgan fingerprint density at radius 3 is 2.92 bits per heavy atom. The van der Waals surface area contributed by atoms with Crippen LogP contribution >= 0.6 is 0 Å². The third-order valence-electron chi connectivity index (χ3n) is 6.22. The van der Waals surface area contributed by atoms with E-state index >= 15 is 0 Å². The van der Waals surface area contributed by atoms with Gasteiger partial charge in [-0.1, -0.05) is 6.07 Å². The van der Waals surface area contributed by atoms with Crippen LogP contribution in [0.1, 0.15) is 31.9 Å². The number of ether oxygens (including phenoxy) is 1. The van der Waals surface area contributed by atoms with E-state index in [0.717, 1.165) is 50.8 Å². The molecule has 1 saturated carbocycles. The predicted molar refractivity (Wildman–Crippen MR) is 95.9 cm³/mol. The van der Waals surface area contributed by atoms with Crippen molar-refractivity contribution in [3.63, 3.8) is 0 Å². The van der Waals surface area contributed by atoms with Gasteiger partial charge in [-0.3, -0.25) is 9.78 Å². The number of carbonyl (C=O) groups is 1. The third kappa shape index (κ3) is 3.87. The van der Waals surface area contributed by atoms with Crippen LogP contribution in [0.2, 0.25) is 0 Å². The maximum Gasteiger partial charge on any atom is 0.219 e. The smallest absolute Gasteiger partial charge is 0.219 e. The summed E-state index contributed by atoms with van der Waals surface area (Å²) in [5.74, 6) is 1.64. The highest BCUT2D eigenvalue weighted by Gasteiger charge is 2.51. The Labute approximate surface area is 150 Å². The largest absolute Gasteiger partial charge is 0.375 e. The van der Waals surface area contributed by atoms with Crippen molar-refractivity contribution in [1.29, 1.82) is 0 Å². The van der Waals surface area contributed by atoms with E-state index in [4.69, 9.17) is 4.74 Å². The number of amides is 1. The van der Waals surface area contributed by atoms with Gasteiger partial charge in [0, 0.05) is 57.2 Å². The average molecular weight is 343 g/mol. The van der Waals surface area contributed by atoms with E-state index in [0.29, 0.717) is 12.5 Å². The lowest BCUT2D eigenvalue weighted by Gasteiger charge is -2.30. The van der Waals surface area contributed by atoms with Crippen molar-refractivity contribution in [2.24, 2.45) is 17.3 Å². The molecule has 2 aliphatic heterocycles. The average Bonchev–Trinajstić information content (AvgIpc) is 3.21.